The van der Waals surface area contributed by atoms with Gasteiger partial charge in [-0.15, -0.1) is 0 Å². The number of hydrogen-bond donors (Lipinski definition) is 3. The van der Waals surface area contributed by atoms with Crippen LogP contribution in [0.15, 0.2) is 29.4 Å². The van der Waals surface area contributed by atoms with Crippen molar-refractivity contribution >= 4 is 11.7 Å². The third-order valence-electron chi connectivity index (χ3n) is 2.25. The van der Waals surface area contributed by atoms with Crippen molar-refractivity contribution in [2.75, 3.05) is 0 Å². The van der Waals surface area contributed by atoms with E-state index < -0.39 is 12.0 Å². The molecule has 1 aromatic carbocycles. The average molecular weight is 206 g/mol. The number of phenolic OH excluding ortho intramolecular Hbond substituents is 1. The van der Waals surface area contributed by atoms with Gasteiger partial charge in [0.25, 0.3) is 0 Å². The molecule has 1 aliphatic heterocycles. The fraction of sp³-hybridized carbons (Fsp3) is 0.200. The van der Waals surface area contributed by atoms with Gasteiger partial charge in [0.05, 0.1) is 5.71 Å². The number of aromatic hydroxyl groups is 1. The van der Waals surface area contributed by atoms with Gasteiger partial charge < -0.3 is 10.2 Å². The van der Waals surface area contributed by atoms with Crippen LogP contribution in [-0.4, -0.2) is 27.9 Å². The van der Waals surface area contributed by atoms with Crippen LogP contribution in [0.2, 0.25) is 0 Å². The molecule has 5 heteroatoms. The van der Waals surface area contributed by atoms with Gasteiger partial charge in [-0.05, 0) is 29.8 Å². The molecular weight excluding hydrogens is 196 g/mol. The molecule has 1 atom stereocenters. The van der Waals surface area contributed by atoms with E-state index >= 15 is 0 Å². The quantitative estimate of drug-likeness (QED) is 0.659. The number of nitrogens with one attached hydrogen (secondary N) is 1. The van der Waals surface area contributed by atoms with Crippen molar-refractivity contribution in [3.05, 3.63) is 29.8 Å². The van der Waals surface area contributed by atoms with Gasteiger partial charge in [-0.3, -0.25) is 5.43 Å². The monoisotopic (exact) mass is 206 g/mol. The zero-order valence-electron chi connectivity index (χ0n) is 7.84. The lowest BCUT2D eigenvalue weighted by atomic mass is 10.0. The summed E-state index contributed by atoms with van der Waals surface area (Å²) in [6.07, 6.45) is 0.361. The fourth-order valence-corrected chi connectivity index (χ4v) is 1.42. The summed E-state index contributed by atoms with van der Waals surface area (Å²) in [6.45, 7) is 0. The molecule has 2 rings (SSSR count). The standard InChI is InChI=1S/C10H10N2O3/c13-7-3-1-6(2-4-7)8-5-9(10(14)15)12-11-8/h1-4,9,12-13H,5H2,(H,14,15). The zero-order chi connectivity index (χ0) is 10.8. The molecule has 0 saturated heterocycles. The van der Waals surface area contributed by atoms with Gasteiger partial charge >= 0.3 is 5.97 Å². The van der Waals surface area contributed by atoms with E-state index in [1.807, 2.05) is 0 Å². The minimum absolute atomic E-state index is 0.181. The van der Waals surface area contributed by atoms with Crippen LogP contribution in [0.5, 0.6) is 5.75 Å². The van der Waals surface area contributed by atoms with Crippen LogP contribution in [0.4, 0.5) is 0 Å². The van der Waals surface area contributed by atoms with Crippen molar-refractivity contribution in [1.82, 2.24) is 5.43 Å². The summed E-state index contributed by atoms with van der Waals surface area (Å²) in [7, 11) is 0. The highest BCUT2D eigenvalue weighted by Gasteiger charge is 2.25. The molecular formula is C10H10N2O3. The van der Waals surface area contributed by atoms with E-state index in [1.54, 1.807) is 24.3 Å². The summed E-state index contributed by atoms with van der Waals surface area (Å²) < 4.78 is 0. The van der Waals surface area contributed by atoms with Crippen molar-refractivity contribution < 1.29 is 15.0 Å². The number of hydrogen-bond acceptors (Lipinski definition) is 4. The topological polar surface area (TPSA) is 81.9 Å². The first-order valence-corrected chi connectivity index (χ1v) is 4.51. The van der Waals surface area contributed by atoms with Crippen LogP contribution in [0, 0.1) is 0 Å². The van der Waals surface area contributed by atoms with Gasteiger partial charge in [-0.25, -0.2) is 4.79 Å². The minimum atomic E-state index is -0.910. The van der Waals surface area contributed by atoms with E-state index in [0.29, 0.717) is 12.1 Å². The third kappa shape index (κ3) is 1.90. The zero-order valence-corrected chi connectivity index (χ0v) is 7.84. The summed E-state index contributed by atoms with van der Waals surface area (Å²) >= 11 is 0. The van der Waals surface area contributed by atoms with E-state index in [1.165, 1.54) is 0 Å². The van der Waals surface area contributed by atoms with E-state index in [-0.39, 0.29) is 5.75 Å². The molecule has 78 valence electrons. The van der Waals surface area contributed by atoms with Crippen molar-refractivity contribution in [3.63, 3.8) is 0 Å². The van der Waals surface area contributed by atoms with Crippen LogP contribution < -0.4 is 5.43 Å². The van der Waals surface area contributed by atoms with Gasteiger partial charge in [-0.1, -0.05) is 0 Å². The second-order valence-corrected chi connectivity index (χ2v) is 3.33. The third-order valence-corrected chi connectivity index (χ3v) is 2.25. The van der Waals surface area contributed by atoms with Crippen molar-refractivity contribution in [3.8, 4) is 5.75 Å². The number of rotatable bonds is 2. The second-order valence-electron chi connectivity index (χ2n) is 3.33. The molecule has 1 heterocycles. The molecule has 15 heavy (non-hydrogen) atoms. The Labute approximate surface area is 86.1 Å². The Bertz CT molecular complexity index is 411. The lowest BCUT2D eigenvalue weighted by Crippen LogP contribution is -2.29. The van der Waals surface area contributed by atoms with Gasteiger partial charge in [0.1, 0.15) is 11.8 Å². The maximum atomic E-state index is 10.7. The normalized spacial score (nSPS) is 19.5. The van der Waals surface area contributed by atoms with Crippen molar-refractivity contribution in [2.24, 2.45) is 5.10 Å². The first kappa shape index (κ1) is 9.51. The molecule has 0 bridgehead atoms. The maximum Gasteiger partial charge on any atom is 0.328 e. The molecule has 0 radical (unpaired) electrons. The molecule has 5 nitrogen and oxygen atoms in total. The van der Waals surface area contributed by atoms with Crippen LogP contribution in [0.3, 0.4) is 0 Å². The predicted molar refractivity (Wildman–Crippen MR) is 53.8 cm³/mol. The minimum Gasteiger partial charge on any atom is -0.508 e. The molecule has 1 aromatic rings. The van der Waals surface area contributed by atoms with Gasteiger partial charge in [0, 0.05) is 6.42 Å². The molecule has 1 aliphatic rings. The Hall–Kier alpha value is -2.04. The number of carboxylic acid groups (broad SMARTS) is 1. The highest BCUT2D eigenvalue weighted by molar-refractivity contribution is 6.04. The van der Waals surface area contributed by atoms with Crippen molar-refractivity contribution in [1.29, 1.82) is 0 Å². The molecule has 3 N–H and O–H groups in total. The largest absolute Gasteiger partial charge is 0.508 e. The van der Waals surface area contributed by atoms with E-state index in [4.69, 9.17) is 10.2 Å². The average Bonchev–Trinajstić information content (AvgIpc) is 2.68. The molecule has 0 fully saturated rings. The number of carbonyl (C=O) groups is 1. The molecule has 0 aromatic heterocycles. The maximum absolute atomic E-state index is 10.7. The smallest absolute Gasteiger partial charge is 0.328 e. The summed E-state index contributed by atoms with van der Waals surface area (Å²) in [5.74, 6) is -0.729. The van der Waals surface area contributed by atoms with E-state index in [2.05, 4.69) is 10.5 Å². The molecule has 0 spiro atoms. The highest BCUT2D eigenvalue weighted by Crippen LogP contribution is 2.15. The SMILES string of the molecule is O=C(O)C1CC(c2ccc(O)cc2)=NN1. The van der Waals surface area contributed by atoms with E-state index in [0.717, 1.165) is 5.56 Å². The fourth-order valence-electron chi connectivity index (χ4n) is 1.42. The number of phenols is 1. The van der Waals surface area contributed by atoms with Crippen molar-refractivity contribution in [2.45, 2.75) is 12.5 Å². The van der Waals surface area contributed by atoms with E-state index in [9.17, 15) is 4.79 Å². The molecule has 0 aliphatic carbocycles. The predicted octanol–water partition coefficient (Wildman–Crippen LogP) is 0.543. The van der Waals surface area contributed by atoms with Gasteiger partial charge in [0.2, 0.25) is 0 Å². The number of nitrogens with zero attached hydrogens (tertiary/aromatic N) is 1. The molecule has 0 amide bonds. The summed E-state index contributed by atoms with van der Waals surface area (Å²) in [6, 6.07) is 5.87. The van der Waals surface area contributed by atoms with Gasteiger partial charge in [-0.2, -0.15) is 5.10 Å². The Morgan fingerprint density at radius 2 is 2.07 bits per heavy atom. The Kier molecular flexibility index (Phi) is 2.29. The van der Waals surface area contributed by atoms with Gasteiger partial charge in [0.15, 0.2) is 0 Å². The Morgan fingerprint density at radius 3 is 2.60 bits per heavy atom. The Morgan fingerprint density at radius 1 is 1.40 bits per heavy atom. The number of benzene rings is 1. The first-order chi connectivity index (χ1) is 7.16. The first-order valence-electron chi connectivity index (χ1n) is 4.51. The molecule has 1 unspecified atom stereocenters. The number of hydrazone groups is 1. The molecule has 0 saturated carbocycles. The summed E-state index contributed by atoms with van der Waals surface area (Å²) in [5, 5.41) is 21.8. The highest BCUT2D eigenvalue weighted by atomic mass is 16.4. The Balaban J connectivity index is 2.14. The number of aliphatic carboxylic acids is 1. The van der Waals surface area contributed by atoms with Crippen LogP contribution in [0.25, 0.3) is 0 Å². The number of carboxylic acids is 1. The lowest BCUT2D eigenvalue weighted by molar-refractivity contribution is -0.139. The summed E-state index contributed by atoms with van der Waals surface area (Å²) in [4.78, 5) is 10.7. The van der Waals surface area contributed by atoms with Crippen LogP contribution in [-0.2, 0) is 4.79 Å². The van der Waals surface area contributed by atoms with Crippen LogP contribution in [0.1, 0.15) is 12.0 Å². The summed E-state index contributed by atoms with van der Waals surface area (Å²) in [5.41, 5.74) is 4.07. The second kappa shape index (κ2) is 3.61. The van der Waals surface area contributed by atoms with Crippen LogP contribution >= 0.6 is 0 Å². The lowest BCUT2D eigenvalue weighted by Gasteiger charge is -2.02.